The van der Waals surface area contributed by atoms with E-state index in [1.807, 2.05) is 18.2 Å². The van der Waals surface area contributed by atoms with Crippen LogP contribution in [0, 0.1) is 6.92 Å². The Morgan fingerprint density at radius 3 is 2.33 bits per heavy atom. The third-order valence-electron chi connectivity index (χ3n) is 4.02. The maximum absolute atomic E-state index is 12.3. The fourth-order valence-corrected chi connectivity index (χ4v) is 2.59. The van der Waals surface area contributed by atoms with Gasteiger partial charge in [0.25, 0.3) is 5.91 Å². The Balaban J connectivity index is 1.55. The lowest BCUT2D eigenvalue weighted by atomic mass is 10.2. The van der Waals surface area contributed by atoms with Crippen molar-refractivity contribution in [2.75, 3.05) is 18.5 Å². The molecule has 0 unspecified atom stereocenters. The third kappa shape index (κ3) is 5.11. The summed E-state index contributed by atoms with van der Waals surface area (Å²) in [6.07, 6.45) is 0. The van der Waals surface area contributed by atoms with Crippen LogP contribution >= 0.6 is 0 Å². The highest BCUT2D eigenvalue weighted by Gasteiger charge is 2.20. The summed E-state index contributed by atoms with van der Waals surface area (Å²) in [5.74, 6) is -1.13. The lowest BCUT2D eigenvalue weighted by Gasteiger charge is -2.07. The fourth-order valence-electron chi connectivity index (χ4n) is 2.59. The Hall–Kier alpha value is -3.94. The summed E-state index contributed by atoms with van der Waals surface area (Å²) in [7, 11) is 0. The number of rotatable bonds is 7. The Morgan fingerprint density at radius 2 is 1.67 bits per heavy atom. The van der Waals surface area contributed by atoms with Gasteiger partial charge in [0, 0.05) is 11.3 Å². The first-order valence-corrected chi connectivity index (χ1v) is 9.25. The number of benzene rings is 2. The second kappa shape index (κ2) is 9.51. The molecule has 0 bridgehead atoms. The number of oxazole rings is 1. The van der Waals surface area contributed by atoms with Gasteiger partial charge in [0.2, 0.25) is 5.89 Å². The Labute approximate surface area is 172 Å². The van der Waals surface area contributed by atoms with E-state index in [4.69, 9.17) is 13.9 Å². The highest BCUT2D eigenvalue weighted by Crippen LogP contribution is 2.21. The molecule has 1 amide bonds. The highest BCUT2D eigenvalue weighted by molar-refractivity contribution is 5.96. The fraction of sp³-hybridized carbons (Fsp3) is 0.182. The number of anilines is 1. The molecule has 1 N–H and O–H groups in total. The number of nitrogens with zero attached hydrogens (tertiary/aromatic N) is 1. The SMILES string of the molecule is CCOC(=O)c1ccc(NC(=O)COC(=O)c2nc(-c3ccccc3)oc2C)cc1. The van der Waals surface area contributed by atoms with E-state index in [9.17, 15) is 14.4 Å². The zero-order chi connectivity index (χ0) is 21.5. The van der Waals surface area contributed by atoms with Crippen molar-refractivity contribution >= 4 is 23.5 Å². The molecule has 8 heteroatoms. The Bertz CT molecular complexity index is 1040. The van der Waals surface area contributed by atoms with Crippen LogP contribution in [0.15, 0.2) is 59.0 Å². The number of ether oxygens (including phenoxy) is 2. The van der Waals surface area contributed by atoms with E-state index < -0.39 is 24.5 Å². The van der Waals surface area contributed by atoms with Gasteiger partial charge < -0.3 is 19.2 Å². The number of hydrogen-bond acceptors (Lipinski definition) is 7. The van der Waals surface area contributed by atoms with Crippen molar-refractivity contribution in [1.29, 1.82) is 0 Å². The van der Waals surface area contributed by atoms with Crippen LogP contribution in [0.25, 0.3) is 11.5 Å². The monoisotopic (exact) mass is 408 g/mol. The first kappa shape index (κ1) is 20.8. The summed E-state index contributed by atoms with van der Waals surface area (Å²) in [6, 6.07) is 15.3. The topological polar surface area (TPSA) is 108 Å². The van der Waals surface area contributed by atoms with Crippen LogP contribution in [-0.2, 0) is 14.3 Å². The molecule has 0 saturated carbocycles. The van der Waals surface area contributed by atoms with Crippen molar-refractivity contribution in [3.63, 3.8) is 0 Å². The van der Waals surface area contributed by atoms with E-state index in [1.54, 1.807) is 38.1 Å². The summed E-state index contributed by atoms with van der Waals surface area (Å²) in [5, 5.41) is 2.58. The lowest BCUT2D eigenvalue weighted by molar-refractivity contribution is -0.119. The minimum atomic E-state index is -0.758. The predicted molar refractivity (Wildman–Crippen MR) is 108 cm³/mol. The first-order chi connectivity index (χ1) is 14.5. The standard InChI is InChI=1S/C22H20N2O6/c1-3-28-21(26)16-9-11-17(12-10-16)23-18(25)13-29-22(27)19-14(2)30-20(24-19)15-7-5-4-6-8-15/h4-12H,3,13H2,1-2H3,(H,23,25). The molecule has 3 rings (SSSR count). The molecule has 8 nitrogen and oxygen atoms in total. The van der Waals surface area contributed by atoms with Crippen LogP contribution in [0.2, 0.25) is 0 Å². The zero-order valence-electron chi connectivity index (χ0n) is 16.5. The maximum Gasteiger partial charge on any atom is 0.361 e. The Morgan fingerprint density at radius 1 is 0.967 bits per heavy atom. The molecule has 0 aliphatic heterocycles. The normalized spacial score (nSPS) is 10.3. The molecule has 0 atom stereocenters. The van der Waals surface area contributed by atoms with E-state index >= 15 is 0 Å². The van der Waals surface area contributed by atoms with Crippen molar-refractivity contribution in [2.45, 2.75) is 13.8 Å². The van der Waals surface area contributed by atoms with E-state index in [-0.39, 0.29) is 12.3 Å². The quantitative estimate of drug-likeness (QED) is 0.595. The lowest BCUT2D eigenvalue weighted by Crippen LogP contribution is -2.21. The third-order valence-corrected chi connectivity index (χ3v) is 4.02. The van der Waals surface area contributed by atoms with Gasteiger partial charge in [-0.25, -0.2) is 14.6 Å². The van der Waals surface area contributed by atoms with Crippen molar-refractivity contribution in [1.82, 2.24) is 4.98 Å². The molecule has 0 fully saturated rings. The van der Waals surface area contributed by atoms with Crippen LogP contribution in [0.5, 0.6) is 0 Å². The molecule has 0 aliphatic carbocycles. The van der Waals surface area contributed by atoms with Gasteiger partial charge in [-0.2, -0.15) is 0 Å². The van der Waals surface area contributed by atoms with Crippen molar-refractivity contribution in [3.05, 3.63) is 71.6 Å². The van der Waals surface area contributed by atoms with E-state index in [2.05, 4.69) is 10.3 Å². The van der Waals surface area contributed by atoms with Crippen LogP contribution in [0.3, 0.4) is 0 Å². The van der Waals surface area contributed by atoms with Crippen LogP contribution < -0.4 is 5.32 Å². The van der Waals surface area contributed by atoms with Crippen LogP contribution in [-0.4, -0.2) is 36.0 Å². The van der Waals surface area contributed by atoms with Gasteiger partial charge in [-0.1, -0.05) is 18.2 Å². The summed E-state index contributed by atoms with van der Waals surface area (Å²) in [6.45, 7) is 3.10. The summed E-state index contributed by atoms with van der Waals surface area (Å²) >= 11 is 0. The molecular formula is C22H20N2O6. The van der Waals surface area contributed by atoms with E-state index in [0.717, 1.165) is 5.56 Å². The second-order valence-electron chi connectivity index (χ2n) is 6.21. The van der Waals surface area contributed by atoms with E-state index in [1.165, 1.54) is 12.1 Å². The van der Waals surface area contributed by atoms with Gasteiger partial charge in [0.05, 0.1) is 12.2 Å². The second-order valence-corrected chi connectivity index (χ2v) is 6.21. The minimum absolute atomic E-state index is 0.0143. The number of carbonyl (C=O) groups excluding carboxylic acids is 3. The highest BCUT2D eigenvalue weighted by atomic mass is 16.5. The number of amides is 1. The van der Waals surface area contributed by atoms with Gasteiger partial charge in [0.1, 0.15) is 5.76 Å². The molecule has 0 spiro atoms. The predicted octanol–water partition coefficient (Wildman–Crippen LogP) is 3.62. The van der Waals surface area contributed by atoms with Crippen molar-refractivity contribution in [3.8, 4) is 11.5 Å². The van der Waals surface area contributed by atoms with Crippen LogP contribution in [0.1, 0.15) is 33.5 Å². The van der Waals surface area contributed by atoms with Gasteiger partial charge in [0.15, 0.2) is 12.3 Å². The number of esters is 2. The molecule has 1 heterocycles. The molecule has 0 aliphatic rings. The van der Waals surface area contributed by atoms with Gasteiger partial charge in [-0.3, -0.25) is 4.79 Å². The molecule has 2 aromatic carbocycles. The summed E-state index contributed by atoms with van der Waals surface area (Å²) in [5.41, 5.74) is 1.56. The van der Waals surface area contributed by atoms with Gasteiger partial charge >= 0.3 is 11.9 Å². The van der Waals surface area contributed by atoms with Crippen molar-refractivity contribution < 1.29 is 28.3 Å². The van der Waals surface area contributed by atoms with E-state index in [0.29, 0.717) is 22.9 Å². The Kier molecular flexibility index (Phi) is 6.59. The summed E-state index contributed by atoms with van der Waals surface area (Å²) < 4.78 is 15.5. The molecule has 0 saturated heterocycles. The number of aromatic nitrogens is 1. The average molecular weight is 408 g/mol. The molecule has 30 heavy (non-hydrogen) atoms. The number of carbonyl (C=O) groups is 3. The molecule has 0 radical (unpaired) electrons. The zero-order valence-corrected chi connectivity index (χ0v) is 16.5. The molecule has 154 valence electrons. The van der Waals surface area contributed by atoms with Crippen molar-refractivity contribution in [2.24, 2.45) is 0 Å². The molecule has 3 aromatic rings. The number of nitrogens with one attached hydrogen (secondary N) is 1. The minimum Gasteiger partial charge on any atom is -0.462 e. The number of hydrogen-bond donors (Lipinski definition) is 1. The van der Waals surface area contributed by atoms with Gasteiger partial charge in [-0.05, 0) is 50.2 Å². The average Bonchev–Trinajstić information content (AvgIpc) is 3.15. The first-order valence-electron chi connectivity index (χ1n) is 9.25. The number of aryl methyl sites for hydroxylation is 1. The van der Waals surface area contributed by atoms with Gasteiger partial charge in [-0.15, -0.1) is 0 Å². The largest absolute Gasteiger partial charge is 0.462 e. The smallest absolute Gasteiger partial charge is 0.361 e. The maximum atomic E-state index is 12.3. The molecule has 1 aromatic heterocycles. The van der Waals surface area contributed by atoms with Crippen LogP contribution in [0.4, 0.5) is 5.69 Å². The summed E-state index contributed by atoms with van der Waals surface area (Å²) in [4.78, 5) is 40.1. The molecular weight excluding hydrogens is 388 g/mol.